The van der Waals surface area contributed by atoms with Crippen LogP contribution < -0.4 is 5.32 Å². The van der Waals surface area contributed by atoms with Crippen molar-refractivity contribution in [3.63, 3.8) is 0 Å². The lowest BCUT2D eigenvalue weighted by Gasteiger charge is -2.13. The fourth-order valence-corrected chi connectivity index (χ4v) is 2.30. The van der Waals surface area contributed by atoms with Crippen LogP contribution in [0.25, 0.3) is 10.9 Å². The molecule has 3 aromatic rings. The molecule has 1 atom stereocenters. The third-order valence-corrected chi connectivity index (χ3v) is 3.42. The second-order valence-corrected chi connectivity index (χ2v) is 4.88. The Kier molecular flexibility index (Phi) is 3.25. The summed E-state index contributed by atoms with van der Waals surface area (Å²) < 4.78 is 0. The zero-order valence-corrected chi connectivity index (χ0v) is 11.3. The number of aromatic amines is 1. The van der Waals surface area contributed by atoms with E-state index in [0.717, 1.165) is 16.5 Å². The maximum absolute atomic E-state index is 12.3. The number of nitrogens with one attached hydrogen (secondary N) is 2. The van der Waals surface area contributed by atoms with Crippen molar-refractivity contribution in [2.45, 2.75) is 13.0 Å². The van der Waals surface area contributed by atoms with Crippen molar-refractivity contribution in [1.82, 2.24) is 10.3 Å². The SMILES string of the molecule is C[C@@H](NC(=O)c1cc2ccccc2[nH]1)c1ccccc1. The van der Waals surface area contributed by atoms with E-state index in [1.807, 2.05) is 67.6 Å². The summed E-state index contributed by atoms with van der Waals surface area (Å²) in [5.41, 5.74) is 2.66. The summed E-state index contributed by atoms with van der Waals surface area (Å²) in [6, 6.07) is 19.7. The molecule has 0 spiro atoms. The van der Waals surface area contributed by atoms with Crippen molar-refractivity contribution in [3.8, 4) is 0 Å². The number of aromatic nitrogens is 1. The van der Waals surface area contributed by atoms with Gasteiger partial charge in [0.1, 0.15) is 5.69 Å². The van der Waals surface area contributed by atoms with Gasteiger partial charge in [-0.15, -0.1) is 0 Å². The Labute approximate surface area is 117 Å². The van der Waals surface area contributed by atoms with E-state index >= 15 is 0 Å². The molecule has 0 bridgehead atoms. The maximum atomic E-state index is 12.3. The van der Waals surface area contributed by atoms with Crippen LogP contribution in [0.5, 0.6) is 0 Å². The first-order valence-corrected chi connectivity index (χ1v) is 6.67. The number of benzene rings is 2. The average Bonchev–Trinajstić information content (AvgIpc) is 2.92. The van der Waals surface area contributed by atoms with Crippen LogP contribution in [0.1, 0.15) is 29.0 Å². The number of hydrogen-bond acceptors (Lipinski definition) is 1. The van der Waals surface area contributed by atoms with Crippen LogP contribution in [0.4, 0.5) is 0 Å². The van der Waals surface area contributed by atoms with E-state index in [4.69, 9.17) is 0 Å². The minimum absolute atomic E-state index is 0.0184. The Hall–Kier alpha value is -2.55. The molecule has 3 nitrogen and oxygen atoms in total. The van der Waals surface area contributed by atoms with Crippen LogP contribution >= 0.6 is 0 Å². The van der Waals surface area contributed by atoms with Crippen molar-refractivity contribution in [1.29, 1.82) is 0 Å². The fraction of sp³-hybridized carbons (Fsp3) is 0.118. The quantitative estimate of drug-likeness (QED) is 0.745. The minimum atomic E-state index is -0.0856. The van der Waals surface area contributed by atoms with Crippen LogP contribution in [0.3, 0.4) is 0 Å². The Bertz CT molecular complexity index is 698. The smallest absolute Gasteiger partial charge is 0.268 e. The van der Waals surface area contributed by atoms with Gasteiger partial charge in [-0.1, -0.05) is 48.5 Å². The van der Waals surface area contributed by atoms with E-state index in [1.54, 1.807) is 0 Å². The van der Waals surface area contributed by atoms with Gasteiger partial charge in [0.25, 0.3) is 5.91 Å². The van der Waals surface area contributed by atoms with Gasteiger partial charge in [0.15, 0.2) is 0 Å². The Morgan fingerprint density at radius 3 is 2.50 bits per heavy atom. The third-order valence-electron chi connectivity index (χ3n) is 3.42. The van der Waals surface area contributed by atoms with Gasteiger partial charge in [0.05, 0.1) is 6.04 Å². The summed E-state index contributed by atoms with van der Waals surface area (Å²) in [4.78, 5) is 15.4. The highest BCUT2D eigenvalue weighted by Crippen LogP contribution is 2.16. The highest BCUT2D eigenvalue weighted by Gasteiger charge is 2.13. The Balaban J connectivity index is 1.79. The number of hydrogen-bond donors (Lipinski definition) is 2. The zero-order chi connectivity index (χ0) is 13.9. The lowest BCUT2D eigenvalue weighted by atomic mass is 10.1. The zero-order valence-electron chi connectivity index (χ0n) is 11.3. The molecule has 0 aliphatic heterocycles. The standard InChI is InChI=1S/C17H16N2O/c1-12(13-7-3-2-4-8-13)18-17(20)16-11-14-9-5-6-10-15(14)19-16/h2-12,19H,1H3,(H,18,20)/t12-/m1/s1. The highest BCUT2D eigenvalue weighted by molar-refractivity contribution is 5.98. The average molecular weight is 264 g/mol. The van der Waals surface area contributed by atoms with E-state index in [9.17, 15) is 4.79 Å². The largest absolute Gasteiger partial charge is 0.351 e. The molecule has 0 fully saturated rings. The van der Waals surface area contributed by atoms with E-state index in [2.05, 4.69) is 10.3 Å². The first kappa shape index (κ1) is 12.5. The number of H-pyrrole nitrogens is 1. The molecule has 0 saturated carbocycles. The molecule has 1 amide bonds. The van der Waals surface area contributed by atoms with Gasteiger partial charge in [-0.25, -0.2) is 0 Å². The summed E-state index contributed by atoms with van der Waals surface area (Å²) in [5.74, 6) is -0.0856. The normalized spacial score (nSPS) is 12.2. The summed E-state index contributed by atoms with van der Waals surface area (Å²) in [7, 11) is 0. The summed E-state index contributed by atoms with van der Waals surface area (Å²) >= 11 is 0. The molecule has 20 heavy (non-hydrogen) atoms. The van der Waals surface area contributed by atoms with E-state index < -0.39 is 0 Å². The molecular weight excluding hydrogens is 248 g/mol. The molecule has 1 aromatic heterocycles. The number of para-hydroxylation sites is 1. The molecule has 100 valence electrons. The second-order valence-electron chi connectivity index (χ2n) is 4.88. The molecular formula is C17H16N2O. The van der Waals surface area contributed by atoms with Gasteiger partial charge in [-0.05, 0) is 24.6 Å². The number of carbonyl (C=O) groups excluding carboxylic acids is 1. The lowest BCUT2D eigenvalue weighted by Crippen LogP contribution is -2.26. The van der Waals surface area contributed by atoms with E-state index in [0.29, 0.717) is 5.69 Å². The van der Waals surface area contributed by atoms with Crippen molar-refractivity contribution in [3.05, 3.63) is 71.9 Å². The second kappa shape index (κ2) is 5.21. The van der Waals surface area contributed by atoms with Crippen LogP contribution in [0.2, 0.25) is 0 Å². The topological polar surface area (TPSA) is 44.9 Å². The van der Waals surface area contributed by atoms with Crippen LogP contribution in [0, 0.1) is 0 Å². The van der Waals surface area contributed by atoms with Crippen LogP contribution in [-0.2, 0) is 0 Å². The molecule has 0 aliphatic carbocycles. The molecule has 3 rings (SSSR count). The van der Waals surface area contributed by atoms with Crippen molar-refractivity contribution in [2.75, 3.05) is 0 Å². The molecule has 2 N–H and O–H groups in total. The predicted octanol–water partition coefficient (Wildman–Crippen LogP) is 3.66. The molecule has 0 saturated heterocycles. The lowest BCUT2D eigenvalue weighted by molar-refractivity contribution is 0.0935. The highest BCUT2D eigenvalue weighted by atomic mass is 16.1. The molecule has 3 heteroatoms. The predicted molar refractivity (Wildman–Crippen MR) is 80.6 cm³/mol. The maximum Gasteiger partial charge on any atom is 0.268 e. The number of rotatable bonds is 3. The van der Waals surface area contributed by atoms with Gasteiger partial charge >= 0.3 is 0 Å². The van der Waals surface area contributed by atoms with Gasteiger partial charge in [0, 0.05) is 10.9 Å². The third kappa shape index (κ3) is 2.43. The van der Waals surface area contributed by atoms with Crippen molar-refractivity contribution < 1.29 is 4.79 Å². The Morgan fingerprint density at radius 1 is 1.05 bits per heavy atom. The van der Waals surface area contributed by atoms with E-state index in [1.165, 1.54) is 0 Å². The first-order chi connectivity index (χ1) is 9.74. The molecule has 0 unspecified atom stereocenters. The minimum Gasteiger partial charge on any atom is -0.351 e. The monoisotopic (exact) mass is 264 g/mol. The van der Waals surface area contributed by atoms with Crippen LogP contribution in [-0.4, -0.2) is 10.9 Å². The van der Waals surface area contributed by atoms with E-state index in [-0.39, 0.29) is 11.9 Å². The van der Waals surface area contributed by atoms with Crippen LogP contribution in [0.15, 0.2) is 60.7 Å². The first-order valence-electron chi connectivity index (χ1n) is 6.67. The van der Waals surface area contributed by atoms with Gasteiger partial charge in [-0.2, -0.15) is 0 Å². The summed E-state index contributed by atoms with van der Waals surface area (Å²) in [6.45, 7) is 1.98. The molecule has 2 aromatic carbocycles. The molecule has 0 aliphatic rings. The summed E-state index contributed by atoms with van der Waals surface area (Å²) in [6.07, 6.45) is 0. The van der Waals surface area contributed by atoms with Gasteiger partial charge in [-0.3, -0.25) is 4.79 Å². The van der Waals surface area contributed by atoms with Crippen molar-refractivity contribution >= 4 is 16.8 Å². The van der Waals surface area contributed by atoms with Gasteiger partial charge in [0.2, 0.25) is 0 Å². The Morgan fingerprint density at radius 2 is 1.75 bits per heavy atom. The number of fused-ring (bicyclic) bond motifs is 1. The molecule has 1 heterocycles. The number of carbonyl (C=O) groups is 1. The van der Waals surface area contributed by atoms with Crippen molar-refractivity contribution in [2.24, 2.45) is 0 Å². The molecule has 0 radical (unpaired) electrons. The number of amides is 1. The fourth-order valence-electron chi connectivity index (χ4n) is 2.30. The summed E-state index contributed by atoms with van der Waals surface area (Å²) in [5, 5.41) is 4.05. The van der Waals surface area contributed by atoms with Gasteiger partial charge < -0.3 is 10.3 Å².